The minimum absolute atomic E-state index is 0.674. The molecular formula is C12H23NO. The molecule has 1 saturated heterocycles. The quantitative estimate of drug-likeness (QED) is 0.521. The predicted molar refractivity (Wildman–Crippen MR) is 60.5 cm³/mol. The fourth-order valence-electron chi connectivity index (χ4n) is 1.75. The zero-order valence-corrected chi connectivity index (χ0v) is 9.51. The van der Waals surface area contributed by atoms with Gasteiger partial charge in [0.25, 0.3) is 0 Å². The van der Waals surface area contributed by atoms with Crippen LogP contribution in [0.4, 0.5) is 0 Å². The standard InChI is InChI=1S/C12H23NO/c1-3-6-13-9-11(4-2)8-12-5-7-14-10-12/h8,12-13H,3-7,9-10H2,1-2H3. The lowest BCUT2D eigenvalue weighted by molar-refractivity contribution is 0.191. The van der Waals surface area contributed by atoms with Gasteiger partial charge in [-0.2, -0.15) is 0 Å². The average molecular weight is 197 g/mol. The van der Waals surface area contributed by atoms with E-state index in [1.54, 1.807) is 0 Å². The minimum Gasteiger partial charge on any atom is -0.381 e. The number of hydrogen-bond donors (Lipinski definition) is 1. The minimum atomic E-state index is 0.674. The summed E-state index contributed by atoms with van der Waals surface area (Å²) in [6, 6.07) is 0. The van der Waals surface area contributed by atoms with E-state index in [2.05, 4.69) is 25.2 Å². The average Bonchev–Trinajstić information content (AvgIpc) is 2.69. The van der Waals surface area contributed by atoms with Crippen molar-refractivity contribution in [2.75, 3.05) is 26.3 Å². The zero-order valence-electron chi connectivity index (χ0n) is 9.51. The molecule has 2 heteroatoms. The number of hydrogen-bond acceptors (Lipinski definition) is 2. The third-order valence-corrected chi connectivity index (χ3v) is 2.67. The van der Waals surface area contributed by atoms with E-state index in [0.29, 0.717) is 5.92 Å². The van der Waals surface area contributed by atoms with Crippen molar-refractivity contribution in [3.05, 3.63) is 11.6 Å². The first-order valence-corrected chi connectivity index (χ1v) is 5.84. The Morgan fingerprint density at radius 3 is 2.93 bits per heavy atom. The summed E-state index contributed by atoms with van der Waals surface area (Å²) in [7, 11) is 0. The lowest BCUT2D eigenvalue weighted by atomic mass is 10.0. The largest absolute Gasteiger partial charge is 0.381 e. The SMILES string of the molecule is CCCNCC(=CC1CCOC1)CC. The molecule has 1 aliphatic heterocycles. The van der Waals surface area contributed by atoms with Gasteiger partial charge < -0.3 is 10.1 Å². The van der Waals surface area contributed by atoms with Gasteiger partial charge in [-0.25, -0.2) is 0 Å². The molecule has 0 aliphatic carbocycles. The number of nitrogens with one attached hydrogen (secondary N) is 1. The highest BCUT2D eigenvalue weighted by atomic mass is 16.5. The highest BCUT2D eigenvalue weighted by Gasteiger charge is 2.13. The Morgan fingerprint density at radius 2 is 2.36 bits per heavy atom. The molecule has 0 bridgehead atoms. The molecule has 1 atom stereocenters. The van der Waals surface area contributed by atoms with E-state index in [0.717, 1.165) is 32.7 Å². The molecule has 1 fully saturated rings. The van der Waals surface area contributed by atoms with Crippen molar-refractivity contribution < 1.29 is 4.74 Å². The monoisotopic (exact) mass is 197 g/mol. The van der Waals surface area contributed by atoms with Crippen molar-refractivity contribution in [1.82, 2.24) is 5.32 Å². The Labute approximate surface area is 87.7 Å². The molecular weight excluding hydrogens is 174 g/mol. The summed E-state index contributed by atoms with van der Waals surface area (Å²) in [6.45, 7) is 8.49. The Bertz CT molecular complexity index is 171. The second kappa shape index (κ2) is 7.02. The molecule has 82 valence electrons. The molecule has 0 saturated carbocycles. The molecule has 1 rings (SSSR count). The van der Waals surface area contributed by atoms with Gasteiger partial charge in [0.2, 0.25) is 0 Å². The van der Waals surface area contributed by atoms with Crippen LogP contribution in [0.5, 0.6) is 0 Å². The summed E-state index contributed by atoms with van der Waals surface area (Å²) in [6.07, 6.45) is 5.99. The molecule has 0 spiro atoms. The maximum Gasteiger partial charge on any atom is 0.0529 e. The van der Waals surface area contributed by atoms with Crippen LogP contribution in [0.1, 0.15) is 33.1 Å². The molecule has 0 aromatic heterocycles. The van der Waals surface area contributed by atoms with Crippen molar-refractivity contribution in [2.45, 2.75) is 33.1 Å². The van der Waals surface area contributed by atoms with E-state index >= 15 is 0 Å². The van der Waals surface area contributed by atoms with Crippen LogP contribution in [0.2, 0.25) is 0 Å². The molecule has 1 unspecified atom stereocenters. The van der Waals surface area contributed by atoms with Crippen molar-refractivity contribution in [1.29, 1.82) is 0 Å². The van der Waals surface area contributed by atoms with Crippen molar-refractivity contribution in [3.8, 4) is 0 Å². The van der Waals surface area contributed by atoms with Gasteiger partial charge in [0.1, 0.15) is 0 Å². The summed E-state index contributed by atoms with van der Waals surface area (Å²) in [4.78, 5) is 0. The van der Waals surface area contributed by atoms with Gasteiger partial charge in [-0.1, -0.05) is 25.5 Å². The Hall–Kier alpha value is -0.340. The second-order valence-electron chi connectivity index (χ2n) is 3.98. The third kappa shape index (κ3) is 4.25. The van der Waals surface area contributed by atoms with Crippen LogP contribution in [0.3, 0.4) is 0 Å². The molecule has 0 aromatic carbocycles. The van der Waals surface area contributed by atoms with E-state index < -0.39 is 0 Å². The van der Waals surface area contributed by atoms with E-state index in [1.807, 2.05) is 0 Å². The Kier molecular flexibility index (Phi) is 5.88. The smallest absolute Gasteiger partial charge is 0.0529 e. The molecule has 2 nitrogen and oxygen atoms in total. The molecule has 0 radical (unpaired) electrons. The maximum absolute atomic E-state index is 5.36. The van der Waals surface area contributed by atoms with E-state index in [9.17, 15) is 0 Å². The zero-order chi connectivity index (χ0) is 10.2. The summed E-state index contributed by atoms with van der Waals surface area (Å²) in [5.74, 6) is 0.674. The van der Waals surface area contributed by atoms with Gasteiger partial charge >= 0.3 is 0 Å². The van der Waals surface area contributed by atoms with Gasteiger partial charge in [0.15, 0.2) is 0 Å². The second-order valence-corrected chi connectivity index (χ2v) is 3.98. The molecule has 1 aliphatic rings. The molecule has 14 heavy (non-hydrogen) atoms. The Balaban J connectivity index is 2.27. The summed E-state index contributed by atoms with van der Waals surface area (Å²) < 4.78 is 5.36. The van der Waals surface area contributed by atoms with Gasteiger partial charge in [-0.05, 0) is 25.8 Å². The fourth-order valence-corrected chi connectivity index (χ4v) is 1.75. The van der Waals surface area contributed by atoms with Gasteiger partial charge in [-0.3, -0.25) is 0 Å². The van der Waals surface area contributed by atoms with E-state index in [-0.39, 0.29) is 0 Å². The van der Waals surface area contributed by atoms with Crippen molar-refractivity contribution in [3.63, 3.8) is 0 Å². The Morgan fingerprint density at radius 1 is 1.50 bits per heavy atom. The lowest BCUT2D eigenvalue weighted by Gasteiger charge is -2.08. The summed E-state index contributed by atoms with van der Waals surface area (Å²) >= 11 is 0. The third-order valence-electron chi connectivity index (χ3n) is 2.67. The normalized spacial score (nSPS) is 23.0. The highest BCUT2D eigenvalue weighted by Crippen LogP contribution is 2.16. The van der Waals surface area contributed by atoms with Gasteiger partial charge in [-0.15, -0.1) is 0 Å². The van der Waals surface area contributed by atoms with Crippen molar-refractivity contribution >= 4 is 0 Å². The first-order chi connectivity index (χ1) is 6.86. The van der Waals surface area contributed by atoms with Gasteiger partial charge in [0.05, 0.1) is 6.61 Å². The van der Waals surface area contributed by atoms with E-state index in [1.165, 1.54) is 18.4 Å². The van der Waals surface area contributed by atoms with E-state index in [4.69, 9.17) is 4.74 Å². The molecule has 1 heterocycles. The molecule has 0 amide bonds. The first kappa shape index (κ1) is 11.7. The van der Waals surface area contributed by atoms with Crippen LogP contribution in [0.15, 0.2) is 11.6 Å². The molecule has 1 N–H and O–H groups in total. The van der Waals surface area contributed by atoms with Crippen LogP contribution in [-0.2, 0) is 4.74 Å². The molecule has 0 aromatic rings. The van der Waals surface area contributed by atoms with Crippen LogP contribution >= 0.6 is 0 Å². The topological polar surface area (TPSA) is 21.3 Å². The first-order valence-electron chi connectivity index (χ1n) is 5.84. The number of ether oxygens (including phenoxy) is 1. The van der Waals surface area contributed by atoms with Crippen LogP contribution in [0, 0.1) is 5.92 Å². The fraction of sp³-hybridized carbons (Fsp3) is 0.833. The van der Waals surface area contributed by atoms with Crippen LogP contribution < -0.4 is 5.32 Å². The van der Waals surface area contributed by atoms with Crippen molar-refractivity contribution in [2.24, 2.45) is 5.92 Å². The summed E-state index contributed by atoms with van der Waals surface area (Å²) in [5.41, 5.74) is 1.54. The maximum atomic E-state index is 5.36. The lowest BCUT2D eigenvalue weighted by Crippen LogP contribution is -2.18. The highest BCUT2D eigenvalue weighted by molar-refractivity contribution is 5.06. The number of rotatable bonds is 6. The van der Waals surface area contributed by atoms with Gasteiger partial charge in [0, 0.05) is 19.1 Å². The summed E-state index contributed by atoms with van der Waals surface area (Å²) in [5, 5.41) is 3.45. The predicted octanol–water partition coefficient (Wildman–Crippen LogP) is 2.36. The van der Waals surface area contributed by atoms with Crippen LogP contribution in [0.25, 0.3) is 0 Å². The van der Waals surface area contributed by atoms with Crippen LogP contribution in [-0.4, -0.2) is 26.3 Å².